The number of carbonyl (C=O) groups is 1. The Kier molecular flexibility index (Phi) is 6.67. The molecule has 2 aromatic rings. The molecule has 6 heteroatoms. The lowest BCUT2D eigenvalue weighted by molar-refractivity contribution is -0.146. The molecule has 1 N–H and O–H groups in total. The number of aromatic nitrogens is 2. The Balaban J connectivity index is 1.95. The molecule has 0 aliphatic rings. The number of hydrogen-bond donors (Lipinski definition) is 1. The van der Waals surface area contributed by atoms with Crippen LogP contribution in [0.3, 0.4) is 0 Å². The largest absolute Gasteiger partial charge is 0.465 e. The van der Waals surface area contributed by atoms with Crippen molar-refractivity contribution < 1.29 is 9.53 Å². The van der Waals surface area contributed by atoms with Crippen LogP contribution in [0.1, 0.15) is 32.8 Å². The highest BCUT2D eigenvalue weighted by Crippen LogP contribution is 2.21. The number of carbonyl (C=O) groups excluding carboxylic acids is 1. The lowest BCUT2D eigenvalue weighted by atomic mass is 10.0. The Hall–Kier alpha value is -1.79. The number of benzene rings is 1. The van der Waals surface area contributed by atoms with Gasteiger partial charge in [-0.2, -0.15) is 0 Å². The van der Waals surface area contributed by atoms with E-state index in [-0.39, 0.29) is 12.0 Å². The number of esters is 1. The maximum atomic E-state index is 12.0. The van der Waals surface area contributed by atoms with Crippen molar-refractivity contribution in [3.63, 3.8) is 0 Å². The van der Waals surface area contributed by atoms with Gasteiger partial charge in [0.05, 0.1) is 17.7 Å². The molecule has 1 atom stereocenters. The molecule has 1 heterocycles. The fraction of sp³-hybridized carbons (Fsp3) is 0.471. The van der Waals surface area contributed by atoms with Crippen molar-refractivity contribution in [2.45, 2.75) is 39.8 Å². The zero-order valence-electron chi connectivity index (χ0n) is 13.8. The standard InChI is InChI=1S/C17H23N3O2S/c1-4-22-17(21)15(9-12(2)3)18-10-13-5-7-14(8-6-13)16-11-19-20-23-16/h5-8,11-12,15,18H,4,9-10H2,1-3H3/t15-/m0/s1. The first-order valence-corrected chi connectivity index (χ1v) is 8.64. The Labute approximate surface area is 141 Å². The van der Waals surface area contributed by atoms with E-state index in [0.717, 1.165) is 22.4 Å². The van der Waals surface area contributed by atoms with Crippen LogP contribution in [0.2, 0.25) is 0 Å². The highest BCUT2D eigenvalue weighted by molar-refractivity contribution is 7.09. The molecule has 0 bridgehead atoms. The van der Waals surface area contributed by atoms with Gasteiger partial charge in [0.1, 0.15) is 6.04 Å². The molecule has 0 aliphatic carbocycles. The fourth-order valence-corrected chi connectivity index (χ4v) is 2.82. The van der Waals surface area contributed by atoms with Gasteiger partial charge in [0.2, 0.25) is 0 Å². The van der Waals surface area contributed by atoms with Crippen LogP contribution in [0.25, 0.3) is 10.4 Å². The molecule has 1 aromatic heterocycles. The van der Waals surface area contributed by atoms with E-state index in [4.69, 9.17) is 4.74 Å². The maximum Gasteiger partial charge on any atom is 0.323 e. The summed E-state index contributed by atoms with van der Waals surface area (Å²) in [6, 6.07) is 7.95. The van der Waals surface area contributed by atoms with Gasteiger partial charge in [0.25, 0.3) is 0 Å². The third-order valence-corrected chi connectivity index (χ3v) is 4.14. The van der Waals surface area contributed by atoms with Gasteiger partial charge in [-0.25, -0.2) is 0 Å². The second-order valence-corrected chi connectivity index (χ2v) is 6.58. The number of nitrogens with zero attached hydrogens (tertiary/aromatic N) is 2. The lowest BCUT2D eigenvalue weighted by Crippen LogP contribution is -2.38. The second kappa shape index (κ2) is 8.74. The monoisotopic (exact) mass is 333 g/mol. The van der Waals surface area contributed by atoms with Gasteiger partial charge in [-0.3, -0.25) is 4.79 Å². The van der Waals surface area contributed by atoms with Crippen molar-refractivity contribution >= 4 is 17.5 Å². The van der Waals surface area contributed by atoms with Gasteiger partial charge in [0, 0.05) is 6.54 Å². The molecule has 0 fully saturated rings. The molecule has 23 heavy (non-hydrogen) atoms. The van der Waals surface area contributed by atoms with Gasteiger partial charge in [-0.15, -0.1) is 5.10 Å². The van der Waals surface area contributed by atoms with E-state index in [1.807, 2.05) is 19.1 Å². The van der Waals surface area contributed by atoms with Crippen LogP contribution in [0, 0.1) is 5.92 Å². The van der Waals surface area contributed by atoms with Crippen LogP contribution in [0.4, 0.5) is 0 Å². The summed E-state index contributed by atoms with van der Waals surface area (Å²) in [6.45, 7) is 7.08. The zero-order chi connectivity index (χ0) is 16.7. The third kappa shape index (κ3) is 5.41. The number of nitrogens with one attached hydrogen (secondary N) is 1. The SMILES string of the molecule is CCOC(=O)[C@H](CC(C)C)NCc1ccc(-c2cnns2)cc1. The molecular formula is C17H23N3O2S. The molecule has 1 aromatic carbocycles. The van der Waals surface area contributed by atoms with Crippen molar-refractivity contribution in [2.24, 2.45) is 5.92 Å². The molecule has 0 radical (unpaired) electrons. The Bertz CT molecular complexity index is 597. The molecule has 124 valence electrons. The predicted octanol–water partition coefficient (Wildman–Crippen LogP) is 3.27. The normalized spacial score (nSPS) is 12.3. The van der Waals surface area contributed by atoms with Gasteiger partial charge >= 0.3 is 5.97 Å². The first kappa shape index (κ1) is 17.6. The van der Waals surface area contributed by atoms with E-state index in [1.165, 1.54) is 11.5 Å². The van der Waals surface area contributed by atoms with Crippen LogP contribution < -0.4 is 5.32 Å². The Morgan fingerprint density at radius 1 is 1.30 bits per heavy atom. The highest BCUT2D eigenvalue weighted by Gasteiger charge is 2.20. The van der Waals surface area contributed by atoms with E-state index in [0.29, 0.717) is 19.1 Å². The quantitative estimate of drug-likeness (QED) is 0.751. The molecule has 0 unspecified atom stereocenters. The van der Waals surface area contributed by atoms with Crippen molar-refractivity contribution in [1.29, 1.82) is 0 Å². The van der Waals surface area contributed by atoms with E-state index in [2.05, 4.69) is 40.9 Å². The molecule has 0 aliphatic heterocycles. The van der Waals surface area contributed by atoms with Crippen molar-refractivity contribution in [3.8, 4) is 10.4 Å². The van der Waals surface area contributed by atoms with Crippen molar-refractivity contribution in [1.82, 2.24) is 14.9 Å². The van der Waals surface area contributed by atoms with Gasteiger partial charge < -0.3 is 10.1 Å². The fourth-order valence-electron chi connectivity index (χ4n) is 2.30. The number of ether oxygens (including phenoxy) is 1. The average Bonchev–Trinajstić information content (AvgIpc) is 3.06. The van der Waals surface area contributed by atoms with E-state index < -0.39 is 0 Å². The Morgan fingerprint density at radius 2 is 2.04 bits per heavy atom. The van der Waals surface area contributed by atoms with Crippen molar-refractivity contribution in [2.75, 3.05) is 6.61 Å². The minimum Gasteiger partial charge on any atom is -0.465 e. The van der Waals surface area contributed by atoms with E-state index in [1.54, 1.807) is 6.20 Å². The average molecular weight is 333 g/mol. The van der Waals surface area contributed by atoms with Crippen molar-refractivity contribution in [3.05, 3.63) is 36.0 Å². The van der Waals surface area contributed by atoms with Crippen LogP contribution >= 0.6 is 11.5 Å². The first-order valence-electron chi connectivity index (χ1n) is 7.86. The molecule has 2 rings (SSSR count). The minimum atomic E-state index is -0.264. The Morgan fingerprint density at radius 3 is 2.61 bits per heavy atom. The summed E-state index contributed by atoms with van der Waals surface area (Å²) in [6.07, 6.45) is 2.53. The summed E-state index contributed by atoms with van der Waals surface area (Å²) < 4.78 is 9.02. The molecule has 0 spiro atoms. The topological polar surface area (TPSA) is 64.1 Å². The summed E-state index contributed by atoms with van der Waals surface area (Å²) in [7, 11) is 0. The summed E-state index contributed by atoms with van der Waals surface area (Å²) in [5.74, 6) is 0.256. The van der Waals surface area contributed by atoms with E-state index in [9.17, 15) is 4.79 Å². The molecule has 5 nitrogen and oxygen atoms in total. The molecule has 0 amide bonds. The second-order valence-electron chi connectivity index (χ2n) is 5.79. The lowest BCUT2D eigenvalue weighted by Gasteiger charge is -2.19. The summed E-state index contributed by atoms with van der Waals surface area (Å²) in [5.41, 5.74) is 2.23. The van der Waals surface area contributed by atoms with E-state index >= 15 is 0 Å². The highest BCUT2D eigenvalue weighted by atomic mass is 32.1. The molecule has 0 saturated carbocycles. The minimum absolute atomic E-state index is 0.173. The smallest absolute Gasteiger partial charge is 0.323 e. The van der Waals surface area contributed by atoms with Gasteiger partial charge in [-0.05, 0) is 41.9 Å². The summed E-state index contributed by atoms with van der Waals surface area (Å²) in [4.78, 5) is 13.1. The first-order chi connectivity index (χ1) is 11.1. The summed E-state index contributed by atoms with van der Waals surface area (Å²) >= 11 is 1.38. The number of hydrogen-bond acceptors (Lipinski definition) is 6. The van der Waals surface area contributed by atoms with Gasteiger partial charge in [0.15, 0.2) is 0 Å². The van der Waals surface area contributed by atoms with Crippen LogP contribution in [0.5, 0.6) is 0 Å². The number of rotatable bonds is 8. The predicted molar refractivity (Wildman–Crippen MR) is 92.1 cm³/mol. The van der Waals surface area contributed by atoms with Crippen LogP contribution in [0.15, 0.2) is 30.5 Å². The van der Waals surface area contributed by atoms with Crippen LogP contribution in [-0.4, -0.2) is 28.2 Å². The zero-order valence-corrected chi connectivity index (χ0v) is 14.6. The van der Waals surface area contributed by atoms with Crippen LogP contribution in [-0.2, 0) is 16.1 Å². The summed E-state index contributed by atoms with van der Waals surface area (Å²) in [5, 5.41) is 7.16. The third-order valence-electron chi connectivity index (χ3n) is 3.43. The molecule has 0 saturated heterocycles. The maximum absolute atomic E-state index is 12.0. The molecular weight excluding hydrogens is 310 g/mol. The van der Waals surface area contributed by atoms with Gasteiger partial charge in [-0.1, -0.05) is 42.6 Å².